The molecule has 20 heavy (non-hydrogen) atoms. The van der Waals surface area contributed by atoms with Gasteiger partial charge in [-0.05, 0) is 37.1 Å². The average molecular weight is 272 g/mol. The van der Waals surface area contributed by atoms with Gasteiger partial charge in [-0.1, -0.05) is 6.07 Å². The lowest BCUT2D eigenvalue weighted by Gasteiger charge is -2.06. The number of benzene rings is 1. The van der Waals surface area contributed by atoms with E-state index < -0.39 is 5.97 Å². The van der Waals surface area contributed by atoms with Crippen LogP contribution in [0.4, 0.5) is 5.69 Å². The van der Waals surface area contributed by atoms with E-state index in [0.29, 0.717) is 19.3 Å². The van der Waals surface area contributed by atoms with E-state index in [2.05, 4.69) is 10.3 Å². The molecule has 0 aliphatic rings. The van der Waals surface area contributed by atoms with E-state index in [1.165, 1.54) is 0 Å². The van der Waals surface area contributed by atoms with E-state index in [1.807, 2.05) is 30.3 Å². The number of nitrogens with zero attached hydrogens (tertiary/aromatic N) is 1. The molecule has 2 N–H and O–H groups in total. The molecule has 0 saturated heterocycles. The Hall–Kier alpha value is -2.43. The highest BCUT2D eigenvalue weighted by Crippen LogP contribution is 2.17. The number of carbonyl (C=O) groups is 2. The lowest BCUT2D eigenvalue weighted by atomic mass is 10.1. The van der Waals surface area contributed by atoms with Crippen molar-refractivity contribution in [2.45, 2.75) is 25.7 Å². The van der Waals surface area contributed by atoms with Crippen LogP contribution in [0.5, 0.6) is 0 Å². The van der Waals surface area contributed by atoms with Crippen molar-refractivity contribution >= 4 is 28.5 Å². The largest absolute Gasteiger partial charge is 0.481 e. The van der Waals surface area contributed by atoms with Gasteiger partial charge in [0.25, 0.3) is 0 Å². The van der Waals surface area contributed by atoms with Gasteiger partial charge in [-0.25, -0.2) is 0 Å². The Kier molecular flexibility index (Phi) is 4.65. The van der Waals surface area contributed by atoms with Gasteiger partial charge in [-0.15, -0.1) is 0 Å². The van der Waals surface area contributed by atoms with Crippen molar-refractivity contribution in [3.8, 4) is 0 Å². The van der Waals surface area contributed by atoms with E-state index >= 15 is 0 Å². The molecular weight excluding hydrogens is 256 g/mol. The number of carboxylic acids is 1. The molecule has 0 aliphatic carbocycles. The highest BCUT2D eigenvalue weighted by Gasteiger charge is 2.04. The van der Waals surface area contributed by atoms with Gasteiger partial charge in [0.15, 0.2) is 0 Å². The number of carbonyl (C=O) groups excluding carboxylic acids is 1. The molecule has 0 radical (unpaired) electrons. The van der Waals surface area contributed by atoms with Gasteiger partial charge in [0.2, 0.25) is 5.91 Å². The fourth-order valence-electron chi connectivity index (χ4n) is 1.94. The fraction of sp³-hybridized carbons (Fsp3) is 0.267. The number of hydrogen-bond acceptors (Lipinski definition) is 3. The molecule has 1 aromatic carbocycles. The second kappa shape index (κ2) is 6.65. The molecule has 0 atom stereocenters. The van der Waals surface area contributed by atoms with Crippen molar-refractivity contribution in [1.29, 1.82) is 0 Å². The summed E-state index contributed by atoms with van der Waals surface area (Å²) in [4.78, 5) is 26.3. The number of carboxylic acid groups (broad SMARTS) is 1. The van der Waals surface area contributed by atoms with Gasteiger partial charge in [-0.3, -0.25) is 14.6 Å². The third-order valence-corrected chi connectivity index (χ3v) is 2.93. The first-order valence-corrected chi connectivity index (χ1v) is 6.51. The molecule has 5 heteroatoms. The normalized spacial score (nSPS) is 10.4. The van der Waals surface area contributed by atoms with E-state index in [0.717, 1.165) is 16.6 Å². The van der Waals surface area contributed by atoms with E-state index in [1.54, 1.807) is 6.20 Å². The second-order valence-corrected chi connectivity index (χ2v) is 4.56. The van der Waals surface area contributed by atoms with Crippen molar-refractivity contribution in [2.75, 3.05) is 5.32 Å². The Morgan fingerprint density at radius 2 is 1.95 bits per heavy atom. The topological polar surface area (TPSA) is 79.3 Å². The molecule has 0 unspecified atom stereocenters. The molecule has 1 amide bonds. The van der Waals surface area contributed by atoms with Crippen LogP contribution in [0.1, 0.15) is 25.7 Å². The summed E-state index contributed by atoms with van der Waals surface area (Å²) in [7, 11) is 0. The average Bonchev–Trinajstić information content (AvgIpc) is 2.43. The van der Waals surface area contributed by atoms with E-state index in [4.69, 9.17) is 5.11 Å². The quantitative estimate of drug-likeness (QED) is 0.792. The standard InChI is InChI=1S/C15H16N2O3/c18-14(5-1-2-6-15(19)20)17-12-7-8-13-11(10-12)4-3-9-16-13/h3-4,7-10H,1-2,5-6H2,(H,17,18)(H,19,20). The Balaban J connectivity index is 1.88. The summed E-state index contributed by atoms with van der Waals surface area (Å²) in [5.74, 6) is -0.925. The SMILES string of the molecule is O=C(O)CCCCC(=O)Nc1ccc2ncccc2c1. The number of fused-ring (bicyclic) bond motifs is 1. The van der Waals surface area contributed by atoms with Gasteiger partial charge in [0.1, 0.15) is 0 Å². The first kappa shape index (κ1) is 14.0. The molecule has 0 fully saturated rings. The molecule has 0 saturated carbocycles. The summed E-state index contributed by atoms with van der Waals surface area (Å²) in [5, 5.41) is 12.3. The maximum atomic E-state index is 11.7. The highest BCUT2D eigenvalue weighted by molar-refractivity contribution is 5.93. The molecule has 0 aliphatic heterocycles. The van der Waals surface area contributed by atoms with Crippen molar-refractivity contribution < 1.29 is 14.7 Å². The summed E-state index contributed by atoms with van der Waals surface area (Å²) in [5.41, 5.74) is 1.61. The smallest absolute Gasteiger partial charge is 0.303 e. The van der Waals surface area contributed by atoms with E-state index in [9.17, 15) is 9.59 Å². The van der Waals surface area contributed by atoms with Gasteiger partial charge in [0, 0.05) is 30.1 Å². The Bertz CT molecular complexity index is 625. The second-order valence-electron chi connectivity index (χ2n) is 4.56. The minimum Gasteiger partial charge on any atom is -0.481 e. The number of anilines is 1. The van der Waals surface area contributed by atoms with Crippen LogP contribution < -0.4 is 5.32 Å². The number of pyridine rings is 1. The van der Waals surface area contributed by atoms with Gasteiger partial charge < -0.3 is 10.4 Å². The van der Waals surface area contributed by atoms with Crippen LogP contribution >= 0.6 is 0 Å². The predicted octanol–water partition coefficient (Wildman–Crippen LogP) is 2.82. The van der Waals surface area contributed by atoms with Gasteiger partial charge in [-0.2, -0.15) is 0 Å². The highest BCUT2D eigenvalue weighted by atomic mass is 16.4. The Morgan fingerprint density at radius 3 is 2.75 bits per heavy atom. The van der Waals surface area contributed by atoms with Crippen molar-refractivity contribution in [2.24, 2.45) is 0 Å². The molecule has 2 rings (SSSR count). The van der Waals surface area contributed by atoms with Gasteiger partial charge >= 0.3 is 5.97 Å². The Morgan fingerprint density at radius 1 is 1.15 bits per heavy atom. The minimum atomic E-state index is -0.826. The lowest BCUT2D eigenvalue weighted by Crippen LogP contribution is -2.11. The summed E-state index contributed by atoms with van der Waals surface area (Å²) < 4.78 is 0. The first-order chi connectivity index (χ1) is 9.65. The number of unbranched alkanes of at least 4 members (excludes halogenated alkanes) is 1. The maximum Gasteiger partial charge on any atom is 0.303 e. The van der Waals surface area contributed by atoms with E-state index in [-0.39, 0.29) is 12.3 Å². The van der Waals surface area contributed by atoms with Crippen LogP contribution in [0.2, 0.25) is 0 Å². The van der Waals surface area contributed by atoms with Crippen LogP contribution in [0, 0.1) is 0 Å². The van der Waals surface area contributed by atoms with Crippen molar-refractivity contribution in [3.63, 3.8) is 0 Å². The van der Waals surface area contributed by atoms with Crippen LogP contribution in [0.3, 0.4) is 0 Å². The van der Waals surface area contributed by atoms with Crippen LogP contribution in [0.25, 0.3) is 10.9 Å². The zero-order valence-corrected chi connectivity index (χ0v) is 11.0. The number of hydrogen-bond donors (Lipinski definition) is 2. The number of rotatable bonds is 6. The van der Waals surface area contributed by atoms with Crippen molar-refractivity contribution in [1.82, 2.24) is 4.98 Å². The minimum absolute atomic E-state index is 0.0985. The molecule has 0 bridgehead atoms. The molecular formula is C15H16N2O3. The predicted molar refractivity (Wildman–Crippen MR) is 76.5 cm³/mol. The summed E-state index contributed by atoms with van der Waals surface area (Å²) >= 11 is 0. The fourth-order valence-corrected chi connectivity index (χ4v) is 1.94. The number of aliphatic carboxylic acids is 1. The number of aromatic nitrogens is 1. The van der Waals surface area contributed by atoms with Gasteiger partial charge in [0.05, 0.1) is 5.52 Å². The Labute approximate surface area is 116 Å². The van der Waals surface area contributed by atoms with Crippen LogP contribution in [-0.2, 0) is 9.59 Å². The third-order valence-electron chi connectivity index (χ3n) is 2.93. The number of amides is 1. The summed E-state index contributed by atoms with van der Waals surface area (Å²) in [6, 6.07) is 9.32. The molecule has 2 aromatic rings. The molecule has 1 aromatic heterocycles. The zero-order chi connectivity index (χ0) is 14.4. The number of nitrogens with one attached hydrogen (secondary N) is 1. The monoisotopic (exact) mass is 272 g/mol. The molecule has 104 valence electrons. The maximum absolute atomic E-state index is 11.7. The molecule has 0 spiro atoms. The zero-order valence-electron chi connectivity index (χ0n) is 11.0. The lowest BCUT2D eigenvalue weighted by molar-refractivity contribution is -0.137. The first-order valence-electron chi connectivity index (χ1n) is 6.51. The van der Waals surface area contributed by atoms with Crippen LogP contribution in [-0.4, -0.2) is 22.0 Å². The van der Waals surface area contributed by atoms with Crippen molar-refractivity contribution in [3.05, 3.63) is 36.5 Å². The molecule has 1 heterocycles. The summed E-state index contributed by atoms with van der Waals surface area (Å²) in [6.07, 6.45) is 3.26. The molecule has 5 nitrogen and oxygen atoms in total. The third kappa shape index (κ3) is 4.05. The van der Waals surface area contributed by atoms with Crippen LogP contribution in [0.15, 0.2) is 36.5 Å². The summed E-state index contributed by atoms with van der Waals surface area (Å²) in [6.45, 7) is 0.